The van der Waals surface area contributed by atoms with Gasteiger partial charge >= 0.3 is 0 Å². The maximum absolute atomic E-state index is 5.73. The van der Waals surface area contributed by atoms with Crippen LogP contribution in [0.4, 0.5) is 0 Å². The van der Waals surface area contributed by atoms with E-state index in [4.69, 9.17) is 15.9 Å². The van der Waals surface area contributed by atoms with Gasteiger partial charge in [-0.25, -0.2) is 0 Å². The van der Waals surface area contributed by atoms with Crippen LogP contribution in [-0.4, -0.2) is 19.5 Å². The molecule has 1 heterocycles. The summed E-state index contributed by atoms with van der Waals surface area (Å²) in [5.74, 6) is 3.24. The summed E-state index contributed by atoms with van der Waals surface area (Å²) >= 11 is 0. The minimum absolute atomic E-state index is 0.0723. The fourth-order valence-electron chi connectivity index (χ4n) is 2.57. The molecule has 2 nitrogen and oxygen atoms in total. The number of ether oxygens (including phenoxy) is 2. The predicted octanol–water partition coefficient (Wildman–Crippen LogP) is 3.19. The van der Waals surface area contributed by atoms with Gasteiger partial charge in [0.1, 0.15) is 0 Å². The van der Waals surface area contributed by atoms with Crippen LogP contribution in [0.25, 0.3) is 0 Å². The van der Waals surface area contributed by atoms with Gasteiger partial charge in [0.05, 0.1) is 5.92 Å². The Kier molecular flexibility index (Phi) is 4.81. The van der Waals surface area contributed by atoms with Crippen LogP contribution in [0.3, 0.4) is 0 Å². The van der Waals surface area contributed by atoms with Crippen LogP contribution in [-0.2, 0) is 9.47 Å². The molecule has 0 aromatic heterocycles. The third-order valence-corrected chi connectivity index (χ3v) is 3.41. The van der Waals surface area contributed by atoms with E-state index in [1.54, 1.807) is 0 Å². The van der Waals surface area contributed by atoms with E-state index in [0.717, 1.165) is 19.4 Å². The zero-order chi connectivity index (χ0) is 12.8. The van der Waals surface area contributed by atoms with Crippen LogP contribution in [0.5, 0.6) is 0 Å². The second-order valence-electron chi connectivity index (χ2n) is 4.56. The lowest BCUT2D eigenvalue weighted by Crippen LogP contribution is -2.35. The zero-order valence-corrected chi connectivity index (χ0v) is 10.8. The standard InChI is InChI=1S/C16H20O2/c1-3-14(13-9-6-5-7-10-13)15-11-8-12-18-16(15)17-4-2/h1,5-7,9-10,14-16H,4,8,11-12H2,2H3/t14-,15-,16+/m1/s1. The number of terminal acetylenes is 1. The predicted molar refractivity (Wildman–Crippen MR) is 72.1 cm³/mol. The summed E-state index contributed by atoms with van der Waals surface area (Å²) in [5, 5.41) is 0. The molecular weight excluding hydrogens is 224 g/mol. The summed E-state index contributed by atoms with van der Waals surface area (Å²) in [6.07, 6.45) is 7.69. The molecule has 0 amide bonds. The molecule has 0 N–H and O–H groups in total. The molecule has 1 aliphatic rings. The van der Waals surface area contributed by atoms with E-state index in [-0.39, 0.29) is 18.1 Å². The van der Waals surface area contributed by atoms with Crippen LogP contribution < -0.4 is 0 Å². The number of rotatable bonds is 4. The second kappa shape index (κ2) is 6.58. The SMILES string of the molecule is C#C[C@H](c1ccccc1)[C@H]1CCCO[C@@H]1OCC. The largest absolute Gasteiger partial charge is 0.353 e. The van der Waals surface area contributed by atoms with E-state index in [2.05, 4.69) is 18.1 Å². The van der Waals surface area contributed by atoms with Gasteiger partial charge < -0.3 is 9.47 Å². The average molecular weight is 244 g/mol. The van der Waals surface area contributed by atoms with Gasteiger partial charge in [0.2, 0.25) is 0 Å². The quantitative estimate of drug-likeness (QED) is 0.757. The smallest absolute Gasteiger partial charge is 0.161 e. The maximum Gasteiger partial charge on any atom is 0.161 e. The molecule has 2 rings (SSSR count). The van der Waals surface area contributed by atoms with E-state index in [1.165, 1.54) is 5.56 Å². The number of benzene rings is 1. The number of hydrogen-bond acceptors (Lipinski definition) is 2. The summed E-state index contributed by atoms with van der Waals surface area (Å²) in [7, 11) is 0. The van der Waals surface area contributed by atoms with Crippen molar-refractivity contribution in [3.63, 3.8) is 0 Å². The molecule has 3 atom stereocenters. The molecule has 1 aromatic carbocycles. The van der Waals surface area contributed by atoms with Crippen LogP contribution in [0.15, 0.2) is 30.3 Å². The Balaban J connectivity index is 2.18. The van der Waals surface area contributed by atoms with Crippen molar-refractivity contribution in [1.82, 2.24) is 0 Å². The van der Waals surface area contributed by atoms with Crippen LogP contribution in [0.2, 0.25) is 0 Å². The van der Waals surface area contributed by atoms with E-state index < -0.39 is 0 Å². The Morgan fingerprint density at radius 2 is 2.22 bits per heavy atom. The number of hydrogen-bond donors (Lipinski definition) is 0. The average Bonchev–Trinajstić information content (AvgIpc) is 2.43. The van der Waals surface area contributed by atoms with Crippen LogP contribution >= 0.6 is 0 Å². The fourth-order valence-corrected chi connectivity index (χ4v) is 2.57. The minimum atomic E-state index is -0.162. The molecular formula is C16H20O2. The van der Waals surface area contributed by atoms with Crippen LogP contribution in [0, 0.1) is 18.3 Å². The lowest BCUT2D eigenvalue weighted by molar-refractivity contribution is -0.192. The van der Waals surface area contributed by atoms with Crippen molar-refractivity contribution in [2.75, 3.05) is 13.2 Å². The lowest BCUT2D eigenvalue weighted by atomic mass is 9.82. The van der Waals surface area contributed by atoms with Gasteiger partial charge in [-0.2, -0.15) is 0 Å². The lowest BCUT2D eigenvalue weighted by Gasteiger charge is -2.34. The van der Waals surface area contributed by atoms with Crippen molar-refractivity contribution in [2.24, 2.45) is 5.92 Å². The van der Waals surface area contributed by atoms with Gasteiger partial charge in [-0.05, 0) is 25.3 Å². The van der Waals surface area contributed by atoms with Crippen molar-refractivity contribution in [3.8, 4) is 12.3 Å². The van der Waals surface area contributed by atoms with Crippen molar-refractivity contribution in [1.29, 1.82) is 0 Å². The van der Waals surface area contributed by atoms with E-state index in [1.807, 2.05) is 25.1 Å². The van der Waals surface area contributed by atoms with Crippen LogP contribution in [0.1, 0.15) is 31.2 Å². The van der Waals surface area contributed by atoms with Gasteiger partial charge in [0.25, 0.3) is 0 Å². The monoisotopic (exact) mass is 244 g/mol. The third kappa shape index (κ3) is 2.93. The maximum atomic E-state index is 5.73. The Morgan fingerprint density at radius 3 is 2.89 bits per heavy atom. The summed E-state index contributed by atoms with van der Waals surface area (Å²) in [6, 6.07) is 10.2. The third-order valence-electron chi connectivity index (χ3n) is 3.41. The van der Waals surface area contributed by atoms with Crippen molar-refractivity contribution in [3.05, 3.63) is 35.9 Å². The Morgan fingerprint density at radius 1 is 1.44 bits per heavy atom. The minimum Gasteiger partial charge on any atom is -0.353 e. The highest BCUT2D eigenvalue weighted by atomic mass is 16.7. The second-order valence-corrected chi connectivity index (χ2v) is 4.56. The first kappa shape index (κ1) is 13.1. The van der Waals surface area contributed by atoms with Gasteiger partial charge in [-0.15, -0.1) is 6.42 Å². The van der Waals surface area contributed by atoms with E-state index >= 15 is 0 Å². The molecule has 18 heavy (non-hydrogen) atoms. The Labute approximate surface area is 109 Å². The fraction of sp³-hybridized carbons (Fsp3) is 0.500. The van der Waals surface area contributed by atoms with E-state index in [9.17, 15) is 0 Å². The normalized spacial score (nSPS) is 25.3. The first-order valence-electron chi connectivity index (χ1n) is 6.61. The highest BCUT2D eigenvalue weighted by molar-refractivity contribution is 5.27. The summed E-state index contributed by atoms with van der Waals surface area (Å²) in [5.41, 5.74) is 1.18. The summed E-state index contributed by atoms with van der Waals surface area (Å²) < 4.78 is 11.4. The molecule has 0 radical (unpaired) electrons. The zero-order valence-electron chi connectivity index (χ0n) is 10.8. The van der Waals surface area contributed by atoms with Gasteiger partial charge in [-0.3, -0.25) is 0 Å². The molecule has 2 heteroatoms. The van der Waals surface area contributed by atoms with E-state index in [0.29, 0.717) is 6.61 Å². The summed E-state index contributed by atoms with van der Waals surface area (Å²) in [6.45, 7) is 3.42. The molecule has 0 aliphatic carbocycles. The van der Waals surface area contributed by atoms with Gasteiger partial charge in [0.15, 0.2) is 6.29 Å². The summed E-state index contributed by atoms with van der Waals surface area (Å²) in [4.78, 5) is 0. The molecule has 0 spiro atoms. The highest BCUT2D eigenvalue weighted by Crippen LogP contribution is 2.34. The molecule has 0 saturated carbocycles. The van der Waals surface area contributed by atoms with Gasteiger partial charge in [-0.1, -0.05) is 36.3 Å². The van der Waals surface area contributed by atoms with Gasteiger partial charge in [0, 0.05) is 19.1 Å². The molecule has 1 aromatic rings. The van der Waals surface area contributed by atoms with Crippen molar-refractivity contribution < 1.29 is 9.47 Å². The van der Waals surface area contributed by atoms with Crippen molar-refractivity contribution >= 4 is 0 Å². The Hall–Kier alpha value is -1.30. The molecule has 1 aliphatic heterocycles. The first-order valence-corrected chi connectivity index (χ1v) is 6.61. The van der Waals surface area contributed by atoms with Crippen molar-refractivity contribution in [2.45, 2.75) is 32.0 Å². The molecule has 96 valence electrons. The molecule has 0 unspecified atom stereocenters. The Bertz CT molecular complexity index is 391. The highest BCUT2D eigenvalue weighted by Gasteiger charge is 2.33. The molecule has 1 fully saturated rings. The first-order chi connectivity index (χ1) is 8.86. The topological polar surface area (TPSA) is 18.5 Å². The molecule has 0 bridgehead atoms. The molecule has 1 saturated heterocycles.